The molecule has 0 radical (unpaired) electrons. The smallest absolute Gasteiger partial charge is 0.335 e. The van der Waals surface area contributed by atoms with Gasteiger partial charge in [0.05, 0.1) is 25.2 Å². The van der Waals surface area contributed by atoms with Crippen molar-refractivity contribution >= 4 is 11.7 Å². The summed E-state index contributed by atoms with van der Waals surface area (Å²) in [4.78, 5) is 15.5. The van der Waals surface area contributed by atoms with Crippen LogP contribution in [0.1, 0.15) is 31.7 Å². The second kappa shape index (κ2) is 5.49. The van der Waals surface area contributed by atoms with Crippen LogP contribution in [0, 0.1) is 11.8 Å². The molecular weight excluding hydrogens is 328 g/mol. The largest absolute Gasteiger partial charge is 0.497 e. The molecule has 2 saturated heterocycles. The minimum atomic E-state index is -0.158. The normalized spacial score (nSPS) is 34.2. The summed E-state index contributed by atoms with van der Waals surface area (Å²) in [5.74, 6) is 1.47. The third-order valence-corrected chi connectivity index (χ3v) is 7.27. The number of methoxy groups -OCH3 is 2. The lowest BCUT2D eigenvalue weighted by Gasteiger charge is -2.52. The number of nitrogens with one attached hydrogen (secondary N) is 1. The fourth-order valence-electron chi connectivity index (χ4n) is 6.36. The molecule has 2 fully saturated rings. The molecule has 1 spiro atoms. The van der Waals surface area contributed by atoms with Crippen LogP contribution in [-0.2, 0) is 14.9 Å². The summed E-state index contributed by atoms with van der Waals surface area (Å²) >= 11 is 0. The molecule has 3 aliphatic heterocycles. The van der Waals surface area contributed by atoms with E-state index >= 15 is 0 Å². The molecule has 4 aliphatic rings. The molecule has 138 valence electrons. The van der Waals surface area contributed by atoms with E-state index in [0.29, 0.717) is 17.9 Å². The molecule has 5 rings (SSSR count). The molecule has 1 aliphatic carbocycles. The molecule has 26 heavy (non-hydrogen) atoms. The number of rotatable bonds is 3. The highest BCUT2D eigenvalue weighted by Crippen LogP contribution is 2.63. The van der Waals surface area contributed by atoms with Crippen molar-refractivity contribution in [3.8, 4) is 5.75 Å². The van der Waals surface area contributed by atoms with Crippen LogP contribution in [0.3, 0.4) is 0 Å². The van der Waals surface area contributed by atoms with Gasteiger partial charge in [-0.15, -0.1) is 0 Å². The summed E-state index contributed by atoms with van der Waals surface area (Å²) in [6.45, 7) is 4.44. The molecule has 5 heteroatoms. The zero-order chi connectivity index (χ0) is 18.1. The first-order chi connectivity index (χ1) is 12.7. The van der Waals surface area contributed by atoms with Crippen molar-refractivity contribution in [1.82, 2.24) is 4.90 Å². The molecule has 4 atom stereocenters. The van der Waals surface area contributed by atoms with E-state index in [1.165, 1.54) is 12.7 Å². The van der Waals surface area contributed by atoms with Crippen molar-refractivity contribution in [1.29, 1.82) is 0 Å². The molecule has 1 N–H and O–H groups in total. The SMILES string of the molecule is CC[C@@H]1[C@H]2CCN3CC[C@@]4(C(=C2C(=O)OC)Nc2cc(OC)ccc24)[C@@H]13. The van der Waals surface area contributed by atoms with Gasteiger partial charge in [-0.1, -0.05) is 19.4 Å². The van der Waals surface area contributed by atoms with Crippen LogP contribution in [0.2, 0.25) is 0 Å². The van der Waals surface area contributed by atoms with Crippen LogP contribution in [0.15, 0.2) is 29.5 Å². The van der Waals surface area contributed by atoms with Gasteiger partial charge >= 0.3 is 5.97 Å². The highest BCUT2D eigenvalue weighted by Gasteiger charge is 2.64. The lowest BCUT2D eigenvalue weighted by molar-refractivity contribution is -0.138. The predicted molar refractivity (Wildman–Crippen MR) is 99.2 cm³/mol. The summed E-state index contributed by atoms with van der Waals surface area (Å²) in [5.41, 5.74) is 4.30. The summed E-state index contributed by atoms with van der Waals surface area (Å²) in [5, 5.41) is 3.64. The van der Waals surface area contributed by atoms with Gasteiger partial charge in [0.25, 0.3) is 0 Å². The first kappa shape index (κ1) is 16.2. The lowest BCUT2D eigenvalue weighted by atomic mass is 9.57. The molecule has 2 bridgehead atoms. The van der Waals surface area contributed by atoms with Gasteiger partial charge in [0, 0.05) is 23.5 Å². The molecule has 0 saturated carbocycles. The molecule has 0 amide bonds. The Morgan fingerprint density at radius 1 is 1.35 bits per heavy atom. The first-order valence-corrected chi connectivity index (χ1v) is 9.68. The van der Waals surface area contributed by atoms with E-state index < -0.39 is 0 Å². The topological polar surface area (TPSA) is 50.8 Å². The van der Waals surface area contributed by atoms with E-state index in [1.807, 2.05) is 0 Å². The average Bonchev–Trinajstić information content (AvgIpc) is 3.23. The zero-order valence-electron chi connectivity index (χ0n) is 15.7. The van der Waals surface area contributed by atoms with Gasteiger partial charge < -0.3 is 14.8 Å². The molecule has 3 heterocycles. The van der Waals surface area contributed by atoms with Crippen LogP contribution in [0.25, 0.3) is 0 Å². The van der Waals surface area contributed by atoms with Crippen molar-refractivity contribution < 1.29 is 14.3 Å². The Balaban J connectivity index is 1.79. The number of hydrogen-bond donors (Lipinski definition) is 1. The Kier molecular flexibility index (Phi) is 3.42. The van der Waals surface area contributed by atoms with Gasteiger partial charge in [0.1, 0.15) is 5.75 Å². The number of esters is 1. The van der Waals surface area contributed by atoms with Gasteiger partial charge in [-0.25, -0.2) is 4.79 Å². The minimum Gasteiger partial charge on any atom is -0.497 e. The summed E-state index contributed by atoms with van der Waals surface area (Å²) < 4.78 is 10.7. The number of hydrogen-bond acceptors (Lipinski definition) is 5. The predicted octanol–water partition coefficient (Wildman–Crippen LogP) is 2.92. The quantitative estimate of drug-likeness (QED) is 0.846. The zero-order valence-corrected chi connectivity index (χ0v) is 15.7. The molecule has 5 nitrogen and oxygen atoms in total. The minimum absolute atomic E-state index is 0.108. The number of carbonyl (C=O) groups is 1. The monoisotopic (exact) mass is 354 g/mol. The third-order valence-electron chi connectivity index (χ3n) is 7.27. The summed E-state index contributed by atoms with van der Waals surface area (Å²) in [7, 11) is 3.20. The van der Waals surface area contributed by atoms with Crippen molar-refractivity contribution in [2.75, 3.05) is 32.6 Å². The standard InChI is InChI=1S/C21H26N2O3/c1-4-13-14-7-9-23-10-8-21(19(13)23)15-6-5-12(25-2)11-16(15)22-18(21)17(14)20(24)26-3/h5-6,11,13-14,19,22H,4,7-10H2,1-3H3/t13-,14-,19-,21-/m1/s1. The Morgan fingerprint density at radius 2 is 2.19 bits per heavy atom. The average molecular weight is 354 g/mol. The van der Waals surface area contributed by atoms with Crippen molar-refractivity contribution in [3.05, 3.63) is 35.0 Å². The Hall–Kier alpha value is -2.01. The van der Waals surface area contributed by atoms with Crippen molar-refractivity contribution in [2.24, 2.45) is 11.8 Å². The molecule has 1 aromatic carbocycles. The molecular formula is C21H26N2O3. The van der Waals surface area contributed by atoms with E-state index in [-0.39, 0.29) is 11.4 Å². The summed E-state index contributed by atoms with van der Waals surface area (Å²) in [6, 6.07) is 6.79. The number of piperidine rings is 1. The Labute approximate surface area is 154 Å². The maximum absolute atomic E-state index is 12.9. The van der Waals surface area contributed by atoms with Crippen molar-refractivity contribution in [3.63, 3.8) is 0 Å². The number of nitrogens with zero attached hydrogens (tertiary/aromatic N) is 1. The number of fused-ring (bicyclic) bond motifs is 2. The van der Waals surface area contributed by atoms with Crippen LogP contribution in [0.4, 0.5) is 5.69 Å². The third kappa shape index (κ3) is 1.77. The van der Waals surface area contributed by atoms with Crippen LogP contribution in [0.5, 0.6) is 5.75 Å². The highest BCUT2D eigenvalue weighted by molar-refractivity contribution is 5.93. The molecule has 0 aromatic heterocycles. The van der Waals surface area contributed by atoms with Gasteiger partial charge in [-0.3, -0.25) is 4.90 Å². The fraction of sp³-hybridized carbons (Fsp3) is 0.571. The van der Waals surface area contributed by atoms with E-state index in [1.54, 1.807) is 7.11 Å². The lowest BCUT2D eigenvalue weighted by Crippen LogP contribution is -2.58. The van der Waals surface area contributed by atoms with Crippen molar-refractivity contribution in [2.45, 2.75) is 37.6 Å². The van der Waals surface area contributed by atoms with E-state index in [4.69, 9.17) is 9.47 Å². The Morgan fingerprint density at radius 3 is 2.92 bits per heavy atom. The van der Waals surface area contributed by atoms with Gasteiger partial charge in [0.15, 0.2) is 0 Å². The summed E-state index contributed by atoms with van der Waals surface area (Å²) in [6.07, 6.45) is 3.19. The van der Waals surface area contributed by atoms with Crippen LogP contribution >= 0.6 is 0 Å². The van der Waals surface area contributed by atoms with E-state index in [9.17, 15) is 4.79 Å². The maximum atomic E-state index is 12.9. The van der Waals surface area contributed by atoms with E-state index in [0.717, 1.165) is 55.1 Å². The maximum Gasteiger partial charge on any atom is 0.335 e. The van der Waals surface area contributed by atoms with Gasteiger partial charge in [-0.2, -0.15) is 0 Å². The number of ether oxygens (including phenoxy) is 2. The van der Waals surface area contributed by atoms with Crippen LogP contribution < -0.4 is 10.1 Å². The first-order valence-electron chi connectivity index (χ1n) is 9.68. The Bertz CT molecular complexity index is 817. The second-order valence-corrected chi connectivity index (χ2v) is 7.99. The number of carbonyl (C=O) groups excluding carboxylic acids is 1. The van der Waals surface area contributed by atoms with Gasteiger partial charge in [0.2, 0.25) is 0 Å². The second-order valence-electron chi connectivity index (χ2n) is 7.99. The number of benzene rings is 1. The fourth-order valence-corrected chi connectivity index (χ4v) is 6.36. The molecule has 1 aromatic rings. The van der Waals surface area contributed by atoms with Gasteiger partial charge in [-0.05, 0) is 49.4 Å². The number of anilines is 1. The highest BCUT2D eigenvalue weighted by atomic mass is 16.5. The molecule has 0 unspecified atom stereocenters. The van der Waals surface area contributed by atoms with E-state index in [2.05, 4.69) is 35.3 Å². The van der Waals surface area contributed by atoms with Crippen LogP contribution in [-0.4, -0.2) is 44.2 Å².